The summed E-state index contributed by atoms with van der Waals surface area (Å²) in [7, 11) is 1.64. The lowest BCUT2D eigenvalue weighted by Gasteiger charge is -2.22. The molecule has 1 aliphatic heterocycles. The van der Waals surface area contributed by atoms with Crippen LogP contribution in [0.4, 0.5) is 0 Å². The summed E-state index contributed by atoms with van der Waals surface area (Å²) >= 11 is 5.53. The first-order valence-electron chi connectivity index (χ1n) is 8.39. The monoisotopic (exact) mass is 366 g/mol. The fourth-order valence-corrected chi connectivity index (χ4v) is 3.26. The second-order valence-electron chi connectivity index (χ2n) is 5.89. The number of aromatic amines is 1. The molecule has 2 heterocycles. The molecule has 0 radical (unpaired) electrons. The first-order valence-corrected chi connectivity index (χ1v) is 8.80. The van der Waals surface area contributed by atoms with Crippen molar-refractivity contribution < 1.29 is 14.2 Å². The van der Waals surface area contributed by atoms with Gasteiger partial charge in [-0.05, 0) is 25.1 Å². The molecule has 5 nitrogen and oxygen atoms in total. The number of methoxy groups -OCH3 is 1. The van der Waals surface area contributed by atoms with Crippen LogP contribution in [0.3, 0.4) is 0 Å². The molecule has 132 valence electrons. The van der Waals surface area contributed by atoms with Crippen LogP contribution < -0.4 is 14.2 Å². The van der Waals surface area contributed by atoms with Crippen molar-refractivity contribution in [1.29, 1.82) is 0 Å². The summed E-state index contributed by atoms with van der Waals surface area (Å²) in [4.78, 5) is 7.83. The van der Waals surface area contributed by atoms with Gasteiger partial charge in [0.2, 0.25) is 5.88 Å². The summed E-state index contributed by atoms with van der Waals surface area (Å²) in [6.07, 6.45) is 0.659. The molecule has 6 heteroatoms. The normalized spacial score (nSPS) is 11.9. The third-order valence-electron chi connectivity index (χ3n) is 4.25. The number of para-hydroxylation sites is 1. The molecule has 0 saturated heterocycles. The van der Waals surface area contributed by atoms with Gasteiger partial charge in [0.15, 0.2) is 11.5 Å². The lowest BCUT2D eigenvalue weighted by molar-refractivity contribution is 0.315. The minimum atomic E-state index is 0.532. The quantitative estimate of drug-likeness (QED) is 0.520. The Kier molecular flexibility index (Phi) is 4.34. The summed E-state index contributed by atoms with van der Waals surface area (Å²) in [5.74, 6) is 3.48. The fraction of sp³-hybridized carbons (Fsp3) is 0.200. The summed E-state index contributed by atoms with van der Waals surface area (Å²) < 4.78 is 17.7. The highest BCUT2D eigenvalue weighted by Gasteiger charge is 2.23. The number of nitrogens with one attached hydrogen (secondary N) is 1. The molecule has 2 aromatic carbocycles. The first-order chi connectivity index (χ1) is 12.7. The molecule has 0 fully saturated rings. The van der Waals surface area contributed by atoms with Gasteiger partial charge in [0.1, 0.15) is 16.2 Å². The number of fused-ring (bicyclic) bond motifs is 2. The predicted octanol–water partition coefficient (Wildman–Crippen LogP) is 4.91. The number of rotatable bonds is 4. The SMILES string of the molecule is CCOc1cccc2c1Oc1[nH]c(-c3cccc(OC)c3)nc(=S)c1C2. The van der Waals surface area contributed by atoms with E-state index in [9.17, 15) is 0 Å². The van der Waals surface area contributed by atoms with E-state index in [1.165, 1.54) is 0 Å². The number of hydrogen-bond acceptors (Lipinski definition) is 5. The van der Waals surface area contributed by atoms with Crippen molar-refractivity contribution >= 4 is 12.2 Å². The molecule has 1 N–H and O–H groups in total. The Labute approximate surface area is 156 Å². The Morgan fingerprint density at radius 2 is 2.08 bits per heavy atom. The second kappa shape index (κ2) is 6.80. The van der Waals surface area contributed by atoms with Gasteiger partial charge >= 0.3 is 0 Å². The highest BCUT2D eigenvalue weighted by molar-refractivity contribution is 7.71. The average molecular weight is 366 g/mol. The van der Waals surface area contributed by atoms with Gasteiger partial charge in [0.05, 0.1) is 19.3 Å². The zero-order chi connectivity index (χ0) is 18.1. The van der Waals surface area contributed by atoms with Gasteiger partial charge in [-0.3, -0.25) is 0 Å². The molecule has 0 bridgehead atoms. The van der Waals surface area contributed by atoms with Crippen molar-refractivity contribution in [3.63, 3.8) is 0 Å². The molecule has 0 amide bonds. The van der Waals surface area contributed by atoms with Crippen LogP contribution >= 0.6 is 12.2 Å². The van der Waals surface area contributed by atoms with Crippen molar-refractivity contribution in [2.75, 3.05) is 13.7 Å². The van der Waals surface area contributed by atoms with Crippen LogP contribution in [-0.4, -0.2) is 23.7 Å². The molecule has 26 heavy (non-hydrogen) atoms. The zero-order valence-corrected chi connectivity index (χ0v) is 15.4. The van der Waals surface area contributed by atoms with E-state index in [1.54, 1.807) is 7.11 Å². The maximum atomic E-state index is 6.14. The minimum absolute atomic E-state index is 0.532. The van der Waals surface area contributed by atoms with Gasteiger partial charge in [0.25, 0.3) is 0 Å². The van der Waals surface area contributed by atoms with Gasteiger partial charge in [-0.15, -0.1) is 0 Å². The van der Waals surface area contributed by atoms with Crippen LogP contribution in [0.25, 0.3) is 11.4 Å². The van der Waals surface area contributed by atoms with Crippen molar-refractivity contribution in [2.45, 2.75) is 13.3 Å². The van der Waals surface area contributed by atoms with Gasteiger partial charge in [-0.25, -0.2) is 4.98 Å². The van der Waals surface area contributed by atoms with Gasteiger partial charge in [-0.2, -0.15) is 0 Å². The largest absolute Gasteiger partial charge is 0.497 e. The molecule has 3 aromatic rings. The third-order valence-corrected chi connectivity index (χ3v) is 4.59. The predicted molar refractivity (Wildman–Crippen MR) is 102 cm³/mol. The third kappa shape index (κ3) is 2.93. The van der Waals surface area contributed by atoms with Crippen molar-refractivity contribution in [2.24, 2.45) is 0 Å². The topological polar surface area (TPSA) is 56.4 Å². The maximum absolute atomic E-state index is 6.14. The molecule has 1 aliphatic rings. The summed E-state index contributed by atoms with van der Waals surface area (Å²) in [6.45, 7) is 2.53. The average Bonchev–Trinajstić information content (AvgIpc) is 2.67. The number of benzene rings is 2. The zero-order valence-electron chi connectivity index (χ0n) is 14.5. The van der Waals surface area contributed by atoms with Crippen LogP contribution in [0.2, 0.25) is 0 Å². The van der Waals surface area contributed by atoms with Gasteiger partial charge < -0.3 is 19.2 Å². The molecule has 0 saturated carbocycles. The number of aromatic nitrogens is 2. The molecule has 1 aromatic heterocycles. The lowest BCUT2D eigenvalue weighted by Crippen LogP contribution is -2.09. The van der Waals surface area contributed by atoms with Gasteiger partial charge in [0, 0.05) is 17.5 Å². The summed E-state index contributed by atoms with van der Waals surface area (Å²) in [5.41, 5.74) is 2.80. The van der Waals surface area contributed by atoms with Crippen molar-refractivity contribution in [3.8, 4) is 34.5 Å². The van der Waals surface area contributed by atoms with Crippen molar-refractivity contribution in [3.05, 3.63) is 58.2 Å². The highest BCUT2D eigenvalue weighted by Crippen LogP contribution is 2.42. The highest BCUT2D eigenvalue weighted by atomic mass is 32.1. The van der Waals surface area contributed by atoms with E-state index in [2.05, 4.69) is 9.97 Å². The Morgan fingerprint density at radius 1 is 1.23 bits per heavy atom. The van der Waals surface area contributed by atoms with E-state index < -0.39 is 0 Å². The van der Waals surface area contributed by atoms with Crippen LogP contribution in [-0.2, 0) is 6.42 Å². The molecule has 0 aliphatic carbocycles. The van der Waals surface area contributed by atoms with Crippen molar-refractivity contribution in [1.82, 2.24) is 9.97 Å². The molecule has 0 atom stereocenters. The van der Waals surface area contributed by atoms with Crippen LogP contribution in [0, 0.1) is 4.64 Å². The Hall–Kier alpha value is -2.86. The molecule has 0 spiro atoms. The van der Waals surface area contributed by atoms with Gasteiger partial charge in [-0.1, -0.05) is 36.5 Å². The van der Waals surface area contributed by atoms with E-state index in [0.29, 0.717) is 29.4 Å². The lowest BCUT2D eigenvalue weighted by atomic mass is 10.0. The minimum Gasteiger partial charge on any atom is -0.497 e. The van der Waals surface area contributed by atoms with E-state index in [4.69, 9.17) is 26.4 Å². The summed E-state index contributed by atoms with van der Waals surface area (Å²) in [5, 5.41) is 0. The van der Waals surface area contributed by atoms with E-state index in [0.717, 1.165) is 33.9 Å². The molecule has 4 rings (SSSR count). The Morgan fingerprint density at radius 3 is 2.88 bits per heavy atom. The first kappa shape index (κ1) is 16.6. The van der Waals surface area contributed by atoms with E-state index in [-0.39, 0.29) is 0 Å². The molecule has 0 unspecified atom stereocenters. The number of ether oxygens (including phenoxy) is 3. The Bertz CT molecular complexity index is 1030. The smallest absolute Gasteiger partial charge is 0.205 e. The number of nitrogens with zero attached hydrogens (tertiary/aromatic N) is 1. The summed E-state index contributed by atoms with van der Waals surface area (Å²) in [6, 6.07) is 13.5. The standard InChI is InChI=1S/C20H18N2O3S/c1-3-24-16-9-5-6-12-11-15-19(25-17(12)16)21-18(22-20(15)26)13-7-4-8-14(10-13)23-2/h4-10H,3,11H2,1-2H3,(H,21,22,26). The fourth-order valence-electron chi connectivity index (χ4n) is 3.01. The Balaban J connectivity index is 1.79. The van der Waals surface area contributed by atoms with Crippen LogP contribution in [0.15, 0.2) is 42.5 Å². The second-order valence-corrected chi connectivity index (χ2v) is 6.27. The molecular formula is C20H18N2O3S. The maximum Gasteiger partial charge on any atom is 0.205 e. The van der Waals surface area contributed by atoms with E-state index in [1.807, 2.05) is 49.4 Å². The number of hydrogen-bond donors (Lipinski definition) is 1. The van der Waals surface area contributed by atoms with Crippen LogP contribution in [0.5, 0.6) is 23.1 Å². The van der Waals surface area contributed by atoms with E-state index >= 15 is 0 Å². The molecular weight excluding hydrogens is 348 g/mol. The number of H-pyrrole nitrogens is 1. The van der Waals surface area contributed by atoms with Crippen LogP contribution in [0.1, 0.15) is 18.1 Å².